The number of aromatic nitrogens is 2. The fraction of sp³-hybridized carbons (Fsp3) is 0.129. The third-order valence-corrected chi connectivity index (χ3v) is 7.74. The number of anilines is 1. The normalized spacial score (nSPS) is 11.8. The molecule has 39 heavy (non-hydrogen) atoms. The van der Waals surface area contributed by atoms with Crippen LogP contribution < -0.4 is 10.9 Å². The molecule has 0 bridgehead atoms. The van der Waals surface area contributed by atoms with Gasteiger partial charge < -0.3 is 10.2 Å². The number of nitrogens with zero attached hydrogens (tertiary/aromatic N) is 3. The number of benzene rings is 4. The zero-order chi connectivity index (χ0) is 27.4. The predicted molar refractivity (Wildman–Crippen MR) is 163 cm³/mol. The van der Waals surface area contributed by atoms with Crippen molar-refractivity contribution in [3.63, 3.8) is 0 Å². The zero-order valence-electron chi connectivity index (χ0n) is 21.2. The summed E-state index contributed by atoms with van der Waals surface area (Å²) in [5.41, 5.74) is 2.72. The molecule has 1 heterocycles. The first-order valence-corrected chi connectivity index (χ1v) is 14.2. The maximum atomic E-state index is 14.0. The van der Waals surface area contributed by atoms with Crippen molar-refractivity contribution in [1.82, 2.24) is 14.5 Å². The molecule has 4 aromatic carbocycles. The standard InChI is InChI=1S/C31H26Br2N4O2/c1-2-28(36(20-21-10-4-3-5-11-21)31(39)35-27-15-9-7-13-25(27)33)29-34-26-14-8-6-12-24(26)30(38)37(29)23-18-16-22(32)17-19-23/h3-19,28H,2,20H2,1H3,(H,35,39). The van der Waals surface area contributed by atoms with Crippen molar-refractivity contribution in [2.24, 2.45) is 0 Å². The summed E-state index contributed by atoms with van der Waals surface area (Å²) in [5, 5.41) is 3.57. The van der Waals surface area contributed by atoms with Crippen LogP contribution in [0.25, 0.3) is 16.6 Å². The van der Waals surface area contributed by atoms with Gasteiger partial charge in [0, 0.05) is 15.5 Å². The van der Waals surface area contributed by atoms with E-state index in [2.05, 4.69) is 37.2 Å². The van der Waals surface area contributed by atoms with Crippen molar-refractivity contribution in [2.75, 3.05) is 5.32 Å². The van der Waals surface area contributed by atoms with E-state index in [-0.39, 0.29) is 11.6 Å². The monoisotopic (exact) mass is 644 g/mol. The second kappa shape index (κ2) is 12.0. The Balaban J connectivity index is 1.68. The molecule has 0 saturated heterocycles. The third kappa shape index (κ3) is 5.82. The van der Waals surface area contributed by atoms with Gasteiger partial charge in [0.15, 0.2) is 0 Å². The van der Waals surface area contributed by atoms with Crippen LogP contribution in [0.2, 0.25) is 0 Å². The van der Waals surface area contributed by atoms with Gasteiger partial charge in [-0.3, -0.25) is 9.36 Å². The summed E-state index contributed by atoms with van der Waals surface area (Å²) in [5.74, 6) is 0.502. The first-order valence-electron chi connectivity index (χ1n) is 12.6. The lowest BCUT2D eigenvalue weighted by Gasteiger charge is -2.32. The van der Waals surface area contributed by atoms with Gasteiger partial charge in [-0.1, -0.05) is 77.5 Å². The average molecular weight is 646 g/mol. The number of rotatable bonds is 7. The minimum atomic E-state index is -0.506. The van der Waals surface area contributed by atoms with Crippen LogP contribution in [0.4, 0.5) is 10.5 Å². The van der Waals surface area contributed by atoms with E-state index in [0.717, 1.165) is 14.5 Å². The molecule has 0 radical (unpaired) electrons. The molecule has 6 nitrogen and oxygen atoms in total. The Labute approximate surface area is 243 Å². The number of carbonyl (C=O) groups is 1. The Hall–Kier alpha value is -3.75. The van der Waals surface area contributed by atoms with Gasteiger partial charge in [0.25, 0.3) is 5.56 Å². The lowest BCUT2D eigenvalue weighted by atomic mass is 10.1. The molecule has 0 spiro atoms. The van der Waals surface area contributed by atoms with Crippen molar-refractivity contribution in [1.29, 1.82) is 0 Å². The molecule has 0 aliphatic carbocycles. The van der Waals surface area contributed by atoms with Crippen LogP contribution in [0.15, 0.2) is 117 Å². The summed E-state index contributed by atoms with van der Waals surface area (Å²) >= 11 is 7.02. The van der Waals surface area contributed by atoms with Crippen molar-refractivity contribution >= 4 is 54.5 Å². The molecule has 196 valence electrons. The lowest BCUT2D eigenvalue weighted by Crippen LogP contribution is -2.40. The largest absolute Gasteiger partial charge is 0.322 e. The SMILES string of the molecule is CCC(c1nc2ccccc2c(=O)n1-c1ccc(Br)cc1)N(Cc1ccccc1)C(=O)Nc1ccccc1Br. The maximum absolute atomic E-state index is 14.0. The number of hydrogen-bond donors (Lipinski definition) is 1. The molecule has 2 amide bonds. The van der Waals surface area contributed by atoms with E-state index in [4.69, 9.17) is 4.98 Å². The number of hydrogen-bond acceptors (Lipinski definition) is 3. The fourth-order valence-electron chi connectivity index (χ4n) is 4.61. The second-order valence-corrected chi connectivity index (χ2v) is 10.8. The highest BCUT2D eigenvalue weighted by Gasteiger charge is 2.30. The Kier molecular flexibility index (Phi) is 8.24. The van der Waals surface area contributed by atoms with Gasteiger partial charge in [0.1, 0.15) is 5.82 Å². The summed E-state index contributed by atoms with van der Waals surface area (Å²) < 4.78 is 3.31. The van der Waals surface area contributed by atoms with E-state index >= 15 is 0 Å². The van der Waals surface area contributed by atoms with Crippen LogP contribution >= 0.6 is 31.9 Å². The highest BCUT2D eigenvalue weighted by atomic mass is 79.9. The van der Waals surface area contributed by atoms with Crippen molar-refractivity contribution in [3.05, 3.63) is 134 Å². The second-order valence-electron chi connectivity index (χ2n) is 9.05. The number of halogens is 2. The number of urea groups is 1. The van der Waals surface area contributed by atoms with E-state index in [1.165, 1.54) is 0 Å². The van der Waals surface area contributed by atoms with Crippen molar-refractivity contribution < 1.29 is 4.79 Å². The molecule has 5 rings (SSSR count). The molecule has 1 atom stereocenters. The minimum Gasteiger partial charge on any atom is -0.310 e. The van der Waals surface area contributed by atoms with E-state index in [1.807, 2.05) is 104 Å². The third-order valence-electron chi connectivity index (χ3n) is 6.52. The van der Waals surface area contributed by atoms with Gasteiger partial charge in [0.05, 0.1) is 28.3 Å². The molecule has 0 aliphatic rings. The van der Waals surface area contributed by atoms with E-state index in [0.29, 0.717) is 41.1 Å². The first kappa shape index (κ1) is 26.8. The molecule has 0 aliphatic heterocycles. The van der Waals surface area contributed by atoms with E-state index < -0.39 is 6.04 Å². The van der Waals surface area contributed by atoms with E-state index in [9.17, 15) is 9.59 Å². The van der Waals surface area contributed by atoms with Crippen molar-refractivity contribution in [3.8, 4) is 5.69 Å². The summed E-state index contributed by atoms with van der Waals surface area (Å²) in [6, 6.07) is 31.4. The smallest absolute Gasteiger partial charge is 0.310 e. The zero-order valence-corrected chi connectivity index (χ0v) is 24.4. The Bertz CT molecular complexity index is 1670. The average Bonchev–Trinajstić information content (AvgIpc) is 2.95. The van der Waals surface area contributed by atoms with Crippen LogP contribution in [0, 0.1) is 0 Å². The Morgan fingerprint density at radius 2 is 1.56 bits per heavy atom. The number of carbonyl (C=O) groups excluding carboxylic acids is 1. The molecule has 1 aromatic heterocycles. The number of para-hydroxylation sites is 2. The Morgan fingerprint density at radius 1 is 0.897 bits per heavy atom. The Morgan fingerprint density at radius 3 is 2.28 bits per heavy atom. The quantitative estimate of drug-likeness (QED) is 0.194. The fourth-order valence-corrected chi connectivity index (χ4v) is 5.26. The predicted octanol–water partition coefficient (Wildman–Crippen LogP) is 8.10. The highest BCUT2D eigenvalue weighted by Crippen LogP contribution is 2.30. The molecule has 0 fully saturated rings. The van der Waals surface area contributed by atoms with Crippen LogP contribution in [0.1, 0.15) is 30.8 Å². The maximum Gasteiger partial charge on any atom is 0.322 e. The van der Waals surface area contributed by atoms with Gasteiger partial charge in [-0.2, -0.15) is 0 Å². The van der Waals surface area contributed by atoms with Crippen LogP contribution in [-0.2, 0) is 6.54 Å². The minimum absolute atomic E-state index is 0.178. The molecule has 0 saturated carbocycles. The van der Waals surface area contributed by atoms with E-state index in [1.54, 1.807) is 15.5 Å². The van der Waals surface area contributed by atoms with Gasteiger partial charge in [-0.05, 0) is 76.4 Å². The van der Waals surface area contributed by atoms with Gasteiger partial charge >= 0.3 is 6.03 Å². The molecular formula is C31H26Br2N4O2. The van der Waals surface area contributed by atoms with Crippen LogP contribution in [0.3, 0.4) is 0 Å². The summed E-state index contributed by atoms with van der Waals surface area (Å²) in [6.07, 6.45) is 0.539. The van der Waals surface area contributed by atoms with Gasteiger partial charge in [0.2, 0.25) is 0 Å². The van der Waals surface area contributed by atoms with Crippen LogP contribution in [0.5, 0.6) is 0 Å². The van der Waals surface area contributed by atoms with Crippen molar-refractivity contribution in [2.45, 2.75) is 25.9 Å². The van der Waals surface area contributed by atoms with Crippen LogP contribution in [-0.4, -0.2) is 20.5 Å². The number of amides is 2. The topological polar surface area (TPSA) is 67.2 Å². The first-order chi connectivity index (χ1) is 19.0. The number of nitrogens with one attached hydrogen (secondary N) is 1. The highest BCUT2D eigenvalue weighted by molar-refractivity contribution is 9.10. The summed E-state index contributed by atoms with van der Waals surface area (Å²) in [6.45, 7) is 2.33. The lowest BCUT2D eigenvalue weighted by molar-refractivity contribution is 0.177. The van der Waals surface area contributed by atoms with Gasteiger partial charge in [-0.15, -0.1) is 0 Å². The molecule has 1 unspecified atom stereocenters. The molecule has 8 heteroatoms. The summed E-state index contributed by atoms with van der Waals surface area (Å²) in [4.78, 5) is 34.6. The summed E-state index contributed by atoms with van der Waals surface area (Å²) in [7, 11) is 0. The van der Waals surface area contributed by atoms with Gasteiger partial charge in [-0.25, -0.2) is 9.78 Å². The molecular weight excluding hydrogens is 620 g/mol. The molecule has 5 aromatic rings. The number of fused-ring (bicyclic) bond motifs is 1. The molecule has 1 N–H and O–H groups in total.